The predicted octanol–water partition coefficient (Wildman–Crippen LogP) is 2.66. The molecule has 0 spiro atoms. The van der Waals surface area contributed by atoms with Crippen LogP contribution in [-0.4, -0.2) is 36.0 Å². The van der Waals surface area contributed by atoms with Crippen molar-refractivity contribution < 1.29 is 13.7 Å². The summed E-state index contributed by atoms with van der Waals surface area (Å²) in [5, 5.41) is 3.26. The van der Waals surface area contributed by atoms with Crippen molar-refractivity contribution in [3.05, 3.63) is 23.8 Å². The van der Waals surface area contributed by atoms with Crippen molar-refractivity contribution in [1.29, 1.82) is 0 Å². The number of hydrogen-bond donors (Lipinski definition) is 1. The Bertz CT molecular complexity index is 479. The van der Waals surface area contributed by atoms with Crippen LogP contribution in [0.15, 0.2) is 18.2 Å². The lowest BCUT2D eigenvalue weighted by Gasteiger charge is -2.18. The smallest absolute Gasteiger partial charge is 0.161 e. The molecule has 5 heteroatoms. The predicted molar refractivity (Wildman–Crippen MR) is 86.6 cm³/mol. The summed E-state index contributed by atoms with van der Waals surface area (Å²) < 4.78 is 23.5. The molecule has 0 bridgehead atoms. The van der Waals surface area contributed by atoms with Gasteiger partial charge in [-0.2, -0.15) is 0 Å². The highest BCUT2D eigenvalue weighted by Gasteiger charge is 2.17. The fraction of sp³-hybridized carbons (Fsp3) is 0.625. The number of rotatable bonds is 7. The lowest BCUT2D eigenvalue weighted by atomic mass is 10.1. The number of unbranched alkanes of at least 4 members (excludes halogenated alkanes) is 1. The maximum atomic E-state index is 12.1. The van der Waals surface area contributed by atoms with E-state index >= 15 is 0 Å². The molecule has 1 aliphatic heterocycles. The van der Waals surface area contributed by atoms with Gasteiger partial charge in [0, 0.05) is 34.8 Å². The van der Waals surface area contributed by atoms with Gasteiger partial charge in [-0.05, 0) is 31.2 Å². The van der Waals surface area contributed by atoms with E-state index in [0.717, 1.165) is 42.1 Å². The molecule has 1 aromatic carbocycles. The van der Waals surface area contributed by atoms with E-state index < -0.39 is 10.8 Å². The average molecular weight is 311 g/mol. The maximum Gasteiger partial charge on any atom is 0.161 e. The van der Waals surface area contributed by atoms with Crippen LogP contribution in [-0.2, 0) is 10.8 Å². The summed E-state index contributed by atoms with van der Waals surface area (Å²) in [5.41, 5.74) is 1.10. The summed E-state index contributed by atoms with van der Waals surface area (Å²) in [4.78, 5) is 0. The van der Waals surface area contributed by atoms with Crippen LogP contribution in [0.5, 0.6) is 11.5 Å². The van der Waals surface area contributed by atoms with Crippen LogP contribution < -0.4 is 14.8 Å². The van der Waals surface area contributed by atoms with Crippen LogP contribution in [0.1, 0.15) is 37.8 Å². The van der Waals surface area contributed by atoms with Gasteiger partial charge in [0.1, 0.15) is 0 Å². The zero-order valence-electron chi connectivity index (χ0n) is 12.9. The fourth-order valence-corrected chi connectivity index (χ4v) is 3.83. The Morgan fingerprint density at radius 1 is 1.29 bits per heavy atom. The highest BCUT2D eigenvalue weighted by Crippen LogP contribution is 2.32. The fourth-order valence-electron chi connectivity index (χ4n) is 2.32. The Morgan fingerprint density at radius 3 is 2.76 bits per heavy atom. The van der Waals surface area contributed by atoms with Gasteiger partial charge in [-0.1, -0.05) is 19.4 Å². The highest BCUT2D eigenvalue weighted by atomic mass is 32.2. The van der Waals surface area contributed by atoms with E-state index in [0.29, 0.717) is 19.0 Å². The lowest BCUT2D eigenvalue weighted by molar-refractivity contribution is 0.297. The number of benzene rings is 1. The lowest BCUT2D eigenvalue weighted by Crippen LogP contribution is -2.23. The minimum atomic E-state index is -0.790. The van der Waals surface area contributed by atoms with E-state index in [1.807, 2.05) is 25.2 Å². The molecule has 1 N–H and O–H groups in total. The van der Waals surface area contributed by atoms with E-state index in [1.165, 1.54) is 0 Å². The van der Waals surface area contributed by atoms with Crippen LogP contribution in [0, 0.1) is 0 Å². The molecule has 4 nitrogen and oxygen atoms in total. The summed E-state index contributed by atoms with van der Waals surface area (Å²) in [7, 11) is 1.12. The molecule has 2 rings (SSSR count). The second-order valence-electron chi connectivity index (χ2n) is 5.26. The van der Waals surface area contributed by atoms with Gasteiger partial charge in [-0.25, -0.2) is 0 Å². The second kappa shape index (κ2) is 8.39. The zero-order valence-corrected chi connectivity index (χ0v) is 13.7. The van der Waals surface area contributed by atoms with Gasteiger partial charge < -0.3 is 14.8 Å². The monoisotopic (exact) mass is 311 g/mol. The Morgan fingerprint density at radius 2 is 2.05 bits per heavy atom. The van der Waals surface area contributed by atoms with E-state index in [4.69, 9.17) is 9.47 Å². The van der Waals surface area contributed by atoms with Gasteiger partial charge in [0.05, 0.1) is 13.2 Å². The Labute approximate surface area is 129 Å². The Balaban J connectivity index is 2.07. The molecule has 0 radical (unpaired) electrons. The SMILES string of the molecule is CCCCS(=O)CC(NC)c1ccc2c(c1)OCCCO2. The van der Waals surface area contributed by atoms with Crippen LogP contribution in [0.4, 0.5) is 0 Å². The molecule has 0 aromatic heterocycles. The van der Waals surface area contributed by atoms with Crippen molar-refractivity contribution >= 4 is 10.8 Å². The molecule has 2 unspecified atom stereocenters. The molecule has 0 fully saturated rings. The van der Waals surface area contributed by atoms with E-state index in [1.54, 1.807) is 0 Å². The zero-order chi connectivity index (χ0) is 15.1. The number of nitrogens with one attached hydrogen (secondary N) is 1. The van der Waals surface area contributed by atoms with Gasteiger partial charge in [-0.15, -0.1) is 0 Å². The van der Waals surface area contributed by atoms with Crippen molar-refractivity contribution in [3.8, 4) is 11.5 Å². The summed E-state index contributed by atoms with van der Waals surface area (Å²) in [6, 6.07) is 6.08. The van der Waals surface area contributed by atoms with E-state index in [2.05, 4.69) is 12.2 Å². The molecule has 0 saturated heterocycles. The van der Waals surface area contributed by atoms with Gasteiger partial charge >= 0.3 is 0 Å². The first kappa shape index (κ1) is 16.3. The molecule has 0 amide bonds. The molecular formula is C16H25NO3S. The normalized spacial score (nSPS) is 17.0. The number of fused-ring (bicyclic) bond motifs is 1. The third-order valence-corrected chi connectivity index (χ3v) is 5.05. The maximum absolute atomic E-state index is 12.1. The minimum Gasteiger partial charge on any atom is -0.490 e. The molecule has 2 atom stereocenters. The van der Waals surface area contributed by atoms with Crippen molar-refractivity contribution in [2.45, 2.75) is 32.2 Å². The topological polar surface area (TPSA) is 47.6 Å². The number of hydrogen-bond acceptors (Lipinski definition) is 4. The van der Waals surface area contributed by atoms with Crippen molar-refractivity contribution in [2.24, 2.45) is 0 Å². The second-order valence-corrected chi connectivity index (χ2v) is 6.88. The average Bonchev–Trinajstić information content (AvgIpc) is 2.75. The third kappa shape index (κ3) is 4.71. The van der Waals surface area contributed by atoms with E-state index in [9.17, 15) is 4.21 Å². The van der Waals surface area contributed by atoms with Crippen LogP contribution in [0.25, 0.3) is 0 Å². The molecule has 21 heavy (non-hydrogen) atoms. The highest BCUT2D eigenvalue weighted by molar-refractivity contribution is 7.85. The molecule has 0 aliphatic carbocycles. The van der Waals surface area contributed by atoms with Crippen molar-refractivity contribution in [2.75, 3.05) is 31.8 Å². The van der Waals surface area contributed by atoms with E-state index in [-0.39, 0.29) is 6.04 Å². The first-order valence-corrected chi connectivity index (χ1v) is 9.15. The molecule has 1 heterocycles. The van der Waals surface area contributed by atoms with Crippen LogP contribution in [0.2, 0.25) is 0 Å². The largest absolute Gasteiger partial charge is 0.490 e. The standard InChI is InChI=1S/C16H25NO3S/c1-3-4-10-21(18)12-14(17-2)13-6-7-15-16(11-13)20-9-5-8-19-15/h6-7,11,14,17H,3-5,8-10,12H2,1-2H3. The molecule has 1 aliphatic rings. The first-order chi connectivity index (χ1) is 10.2. The molecular weight excluding hydrogens is 286 g/mol. The summed E-state index contributed by atoms with van der Waals surface area (Å²) >= 11 is 0. The minimum absolute atomic E-state index is 0.0832. The third-order valence-electron chi connectivity index (χ3n) is 3.60. The number of ether oxygens (including phenoxy) is 2. The molecule has 1 aromatic rings. The molecule has 0 saturated carbocycles. The summed E-state index contributed by atoms with van der Waals surface area (Å²) in [6.07, 6.45) is 3.00. The van der Waals surface area contributed by atoms with Gasteiger partial charge in [0.15, 0.2) is 11.5 Å². The van der Waals surface area contributed by atoms with Crippen LogP contribution in [0.3, 0.4) is 0 Å². The van der Waals surface area contributed by atoms with Gasteiger partial charge in [0.25, 0.3) is 0 Å². The quantitative estimate of drug-likeness (QED) is 0.841. The van der Waals surface area contributed by atoms with Crippen molar-refractivity contribution in [3.63, 3.8) is 0 Å². The summed E-state index contributed by atoms with van der Waals surface area (Å²) in [5.74, 6) is 3.01. The van der Waals surface area contributed by atoms with Crippen molar-refractivity contribution in [1.82, 2.24) is 5.32 Å². The first-order valence-electron chi connectivity index (χ1n) is 7.66. The Kier molecular flexibility index (Phi) is 6.51. The molecule has 118 valence electrons. The van der Waals surface area contributed by atoms with Crippen LogP contribution >= 0.6 is 0 Å². The summed E-state index contributed by atoms with van der Waals surface area (Å²) in [6.45, 7) is 3.50. The Hall–Kier alpha value is -1.07. The van der Waals surface area contributed by atoms with Gasteiger partial charge in [-0.3, -0.25) is 4.21 Å². The van der Waals surface area contributed by atoms with Gasteiger partial charge in [0.2, 0.25) is 0 Å².